The van der Waals surface area contributed by atoms with E-state index in [1.54, 1.807) is 18.2 Å². The fourth-order valence-electron chi connectivity index (χ4n) is 3.26. The van der Waals surface area contributed by atoms with Crippen LogP contribution in [0.2, 0.25) is 0 Å². The number of benzene rings is 2. The maximum Gasteiger partial charge on any atom is 0.293 e. The minimum Gasteiger partial charge on any atom is -0.353 e. The quantitative estimate of drug-likeness (QED) is 0.581. The first-order valence-corrected chi connectivity index (χ1v) is 11.5. The van der Waals surface area contributed by atoms with Crippen LogP contribution in [0.15, 0.2) is 59.5 Å². The number of hydrogen-bond donors (Lipinski definition) is 2. The molecule has 0 saturated carbocycles. The smallest absolute Gasteiger partial charge is 0.293 e. The topological polar surface area (TPSA) is 95.6 Å². The normalized spacial score (nSPS) is 15.8. The Balaban J connectivity index is 1.56. The first-order valence-electron chi connectivity index (χ1n) is 10.7. The van der Waals surface area contributed by atoms with Gasteiger partial charge in [0.25, 0.3) is 17.1 Å². The molecule has 8 heteroatoms. The minimum atomic E-state index is -0.744. The number of rotatable bonds is 8. The second-order valence-corrected chi connectivity index (χ2v) is 9.09. The molecule has 1 fully saturated rings. The van der Waals surface area contributed by atoms with Gasteiger partial charge >= 0.3 is 0 Å². The van der Waals surface area contributed by atoms with Crippen LogP contribution < -0.4 is 10.6 Å². The Bertz CT molecular complexity index is 1060. The Morgan fingerprint density at radius 3 is 2.33 bits per heavy atom. The Hall–Kier alpha value is -3.39. The van der Waals surface area contributed by atoms with Gasteiger partial charge in [-0.05, 0) is 48.4 Å². The number of hydrogen-bond acceptors (Lipinski definition) is 5. The van der Waals surface area contributed by atoms with Gasteiger partial charge < -0.3 is 10.6 Å². The molecule has 0 aromatic heterocycles. The first-order chi connectivity index (χ1) is 15.8. The summed E-state index contributed by atoms with van der Waals surface area (Å²) in [5, 5.41) is 5.13. The van der Waals surface area contributed by atoms with E-state index in [0.29, 0.717) is 10.5 Å². The second-order valence-electron chi connectivity index (χ2n) is 8.10. The van der Waals surface area contributed by atoms with Crippen molar-refractivity contribution < 1.29 is 19.2 Å². The molecule has 0 bridgehead atoms. The summed E-state index contributed by atoms with van der Waals surface area (Å²) in [6.45, 7) is 5.76. The molecule has 1 heterocycles. The van der Waals surface area contributed by atoms with E-state index in [0.717, 1.165) is 27.8 Å². The van der Waals surface area contributed by atoms with Crippen molar-refractivity contribution >= 4 is 40.8 Å². The number of imide groups is 1. The van der Waals surface area contributed by atoms with E-state index in [-0.39, 0.29) is 42.0 Å². The maximum absolute atomic E-state index is 12.7. The maximum atomic E-state index is 12.7. The van der Waals surface area contributed by atoms with Crippen molar-refractivity contribution in [3.63, 3.8) is 0 Å². The number of carbonyl (C=O) groups excluding carboxylic acids is 4. The van der Waals surface area contributed by atoms with Gasteiger partial charge in [-0.1, -0.05) is 61.9 Å². The zero-order chi connectivity index (χ0) is 24.0. The highest BCUT2D eigenvalue weighted by atomic mass is 32.2. The molecular weight excluding hydrogens is 438 g/mol. The summed E-state index contributed by atoms with van der Waals surface area (Å²) in [5.74, 6) is -1.22. The third kappa shape index (κ3) is 6.32. The summed E-state index contributed by atoms with van der Waals surface area (Å²) in [5.41, 5.74) is 2.35. The molecule has 1 atom stereocenters. The number of thioether (sulfide) groups is 1. The molecule has 4 amide bonds. The predicted molar refractivity (Wildman–Crippen MR) is 129 cm³/mol. The van der Waals surface area contributed by atoms with Crippen LogP contribution in [0.3, 0.4) is 0 Å². The van der Waals surface area contributed by atoms with Gasteiger partial charge in [-0.15, -0.1) is 0 Å². The molecule has 0 radical (unpaired) electrons. The van der Waals surface area contributed by atoms with Gasteiger partial charge in [0.2, 0.25) is 5.91 Å². The fourth-order valence-corrected chi connectivity index (χ4v) is 4.12. The molecule has 1 unspecified atom stereocenters. The van der Waals surface area contributed by atoms with Crippen LogP contribution in [0.4, 0.5) is 4.79 Å². The van der Waals surface area contributed by atoms with Crippen molar-refractivity contribution in [2.24, 2.45) is 5.92 Å². The lowest BCUT2D eigenvalue weighted by molar-refractivity contribution is -0.125. The molecule has 1 saturated heterocycles. The number of amides is 4. The van der Waals surface area contributed by atoms with Crippen LogP contribution in [-0.2, 0) is 9.59 Å². The molecule has 1 aliphatic rings. The molecule has 7 nitrogen and oxygen atoms in total. The Labute approximate surface area is 197 Å². The van der Waals surface area contributed by atoms with Crippen molar-refractivity contribution in [2.75, 3.05) is 13.1 Å². The second kappa shape index (κ2) is 11.0. The van der Waals surface area contributed by atoms with E-state index < -0.39 is 6.04 Å². The van der Waals surface area contributed by atoms with Gasteiger partial charge in [-0.25, -0.2) is 0 Å². The summed E-state index contributed by atoms with van der Waals surface area (Å²) in [6, 6.07) is 15.6. The standard InChI is InChI=1S/C25H27N3O4S/c1-16(2)21(27-22(29)19-11-9-17(3)10-12-19)23(30)26-13-14-28-24(31)20(33-25(28)32)15-18-7-5-4-6-8-18/h4-12,15-16,21H,13-14H2,1-3H3,(H,26,30)(H,27,29)/b20-15-. The molecule has 0 aliphatic carbocycles. The van der Waals surface area contributed by atoms with Gasteiger partial charge in [0, 0.05) is 18.7 Å². The molecule has 0 spiro atoms. The number of nitrogens with one attached hydrogen (secondary N) is 2. The number of nitrogens with zero attached hydrogens (tertiary/aromatic N) is 1. The molecule has 2 aromatic rings. The highest BCUT2D eigenvalue weighted by Crippen LogP contribution is 2.31. The van der Waals surface area contributed by atoms with E-state index >= 15 is 0 Å². The van der Waals surface area contributed by atoms with Crippen molar-refractivity contribution in [3.8, 4) is 0 Å². The van der Waals surface area contributed by atoms with Gasteiger partial charge in [0.15, 0.2) is 0 Å². The Morgan fingerprint density at radius 1 is 1.03 bits per heavy atom. The van der Waals surface area contributed by atoms with E-state index in [2.05, 4.69) is 10.6 Å². The molecule has 2 aromatic carbocycles. The predicted octanol–water partition coefficient (Wildman–Crippen LogP) is 3.60. The zero-order valence-corrected chi connectivity index (χ0v) is 19.6. The number of carbonyl (C=O) groups is 4. The summed E-state index contributed by atoms with van der Waals surface area (Å²) in [7, 11) is 0. The Kier molecular flexibility index (Phi) is 8.06. The zero-order valence-electron chi connectivity index (χ0n) is 18.8. The third-order valence-corrected chi connectivity index (χ3v) is 6.06. The van der Waals surface area contributed by atoms with E-state index in [1.807, 2.05) is 63.2 Å². The van der Waals surface area contributed by atoms with E-state index in [1.165, 1.54) is 0 Å². The van der Waals surface area contributed by atoms with Crippen LogP contribution in [0, 0.1) is 12.8 Å². The average Bonchev–Trinajstić information content (AvgIpc) is 3.05. The van der Waals surface area contributed by atoms with Gasteiger partial charge in [-0.3, -0.25) is 24.1 Å². The lowest BCUT2D eigenvalue weighted by Gasteiger charge is -2.22. The average molecular weight is 466 g/mol. The monoisotopic (exact) mass is 465 g/mol. The van der Waals surface area contributed by atoms with Crippen LogP contribution in [-0.4, -0.2) is 47.0 Å². The fraction of sp³-hybridized carbons (Fsp3) is 0.280. The van der Waals surface area contributed by atoms with E-state index in [4.69, 9.17) is 0 Å². The van der Waals surface area contributed by atoms with Crippen LogP contribution in [0.5, 0.6) is 0 Å². The largest absolute Gasteiger partial charge is 0.353 e. The van der Waals surface area contributed by atoms with E-state index in [9.17, 15) is 19.2 Å². The highest BCUT2D eigenvalue weighted by molar-refractivity contribution is 8.18. The molecule has 1 aliphatic heterocycles. The van der Waals surface area contributed by atoms with Crippen molar-refractivity contribution in [1.82, 2.24) is 15.5 Å². The molecule has 33 heavy (non-hydrogen) atoms. The highest BCUT2D eigenvalue weighted by Gasteiger charge is 2.35. The van der Waals surface area contributed by atoms with Crippen molar-refractivity contribution in [3.05, 3.63) is 76.2 Å². The third-order valence-electron chi connectivity index (χ3n) is 5.16. The molecular formula is C25H27N3O4S. The van der Waals surface area contributed by atoms with Gasteiger partial charge in [0.1, 0.15) is 6.04 Å². The first kappa shape index (κ1) is 24.3. The van der Waals surface area contributed by atoms with Crippen molar-refractivity contribution in [1.29, 1.82) is 0 Å². The molecule has 3 rings (SSSR count). The summed E-state index contributed by atoms with van der Waals surface area (Å²) in [4.78, 5) is 51.6. The lowest BCUT2D eigenvalue weighted by atomic mass is 10.0. The Morgan fingerprint density at radius 2 is 1.70 bits per heavy atom. The summed E-state index contributed by atoms with van der Waals surface area (Å²) < 4.78 is 0. The van der Waals surface area contributed by atoms with Crippen LogP contribution in [0.25, 0.3) is 6.08 Å². The molecule has 2 N–H and O–H groups in total. The van der Waals surface area contributed by atoms with Gasteiger partial charge in [0.05, 0.1) is 4.91 Å². The van der Waals surface area contributed by atoms with Crippen LogP contribution >= 0.6 is 11.8 Å². The van der Waals surface area contributed by atoms with Crippen molar-refractivity contribution in [2.45, 2.75) is 26.8 Å². The van der Waals surface area contributed by atoms with Crippen LogP contribution in [0.1, 0.15) is 35.3 Å². The number of aryl methyl sites for hydroxylation is 1. The minimum absolute atomic E-state index is 0.0548. The van der Waals surface area contributed by atoms with Gasteiger partial charge in [-0.2, -0.15) is 0 Å². The summed E-state index contributed by atoms with van der Waals surface area (Å²) in [6.07, 6.45) is 1.68. The SMILES string of the molecule is Cc1ccc(C(=O)NC(C(=O)NCCN2C(=O)S/C(=C\c3ccccc3)C2=O)C(C)C)cc1. The lowest BCUT2D eigenvalue weighted by Crippen LogP contribution is -2.51. The molecule has 172 valence electrons. The summed E-state index contributed by atoms with van der Waals surface area (Å²) >= 11 is 0.882.